The molecule has 0 bridgehead atoms. The smallest absolute Gasteiger partial charge is 0.0346 e. The average Bonchev–Trinajstić information content (AvgIpc) is 1.99. The van der Waals surface area contributed by atoms with Crippen LogP contribution in [0.15, 0.2) is 23.8 Å². The highest BCUT2D eigenvalue weighted by atomic mass is 13.9. The highest BCUT2D eigenvalue weighted by molar-refractivity contribution is 5.11. The van der Waals surface area contributed by atoms with Crippen molar-refractivity contribution < 1.29 is 0 Å². The summed E-state index contributed by atoms with van der Waals surface area (Å²) < 4.78 is 0. The van der Waals surface area contributed by atoms with Gasteiger partial charge in [0.05, 0.1) is 0 Å². The van der Waals surface area contributed by atoms with Gasteiger partial charge in [-0.2, -0.15) is 0 Å². The number of hydrogen-bond acceptors (Lipinski definition) is 0. The van der Waals surface area contributed by atoms with Crippen LogP contribution < -0.4 is 0 Å². The van der Waals surface area contributed by atoms with Crippen molar-refractivity contribution in [2.45, 2.75) is 40.0 Å². The standard InChI is InChI=1S/C10H18/c1-4-7-8-9-10(5-2)6-3/h7-9H,4-6H2,1-3H3/b8-7-. The first kappa shape index (κ1) is 9.48. The summed E-state index contributed by atoms with van der Waals surface area (Å²) in [4.78, 5) is 0. The zero-order chi connectivity index (χ0) is 7.82. The molecule has 0 saturated carbocycles. The molecule has 58 valence electrons. The largest absolute Gasteiger partial charge is 0.0848 e. The lowest BCUT2D eigenvalue weighted by Gasteiger charge is -1.94. The van der Waals surface area contributed by atoms with Crippen molar-refractivity contribution in [3.63, 3.8) is 0 Å². The third kappa shape index (κ3) is 4.37. The van der Waals surface area contributed by atoms with Crippen molar-refractivity contribution in [2.24, 2.45) is 0 Å². The number of hydrogen-bond donors (Lipinski definition) is 0. The summed E-state index contributed by atoms with van der Waals surface area (Å²) in [5.74, 6) is 0. The fraction of sp³-hybridized carbons (Fsp3) is 0.600. The first-order chi connectivity index (χ1) is 4.85. The van der Waals surface area contributed by atoms with Crippen molar-refractivity contribution in [1.82, 2.24) is 0 Å². The van der Waals surface area contributed by atoms with E-state index in [1.807, 2.05) is 0 Å². The minimum Gasteiger partial charge on any atom is -0.0848 e. The van der Waals surface area contributed by atoms with Crippen molar-refractivity contribution in [3.8, 4) is 0 Å². The predicted molar refractivity (Wildman–Crippen MR) is 48.1 cm³/mol. The van der Waals surface area contributed by atoms with Crippen LogP contribution in [0.2, 0.25) is 0 Å². The van der Waals surface area contributed by atoms with Gasteiger partial charge in [-0.1, -0.05) is 44.6 Å². The molecule has 0 heterocycles. The minimum atomic E-state index is 1.14. The molecule has 0 fully saturated rings. The summed E-state index contributed by atoms with van der Waals surface area (Å²) in [5, 5.41) is 0. The zero-order valence-electron chi connectivity index (χ0n) is 7.35. The van der Waals surface area contributed by atoms with Gasteiger partial charge in [-0.15, -0.1) is 0 Å². The summed E-state index contributed by atoms with van der Waals surface area (Å²) in [7, 11) is 0. The van der Waals surface area contributed by atoms with Crippen LogP contribution in [0.1, 0.15) is 40.0 Å². The maximum Gasteiger partial charge on any atom is -0.0346 e. The molecule has 0 unspecified atom stereocenters. The topological polar surface area (TPSA) is 0 Å². The van der Waals surface area contributed by atoms with Gasteiger partial charge in [-0.05, 0) is 19.3 Å². The van der Waals surface area contributed by atoms with Crippen molar-refractivity contribution >= 4 is 0 Å². The molecular formula is C10H18. The third-order valence-electron chi connectivity index (χ3n) is 1.61. The van der Waals surface area contributed by atoms with E-state index in [0.717, 1.165) is 6.42 Å². The van der Waals surface area contributed by atoms with E-state index in [1.165, 1.54) is 18.4 Å². The highest BCUT2D eigenvalue weighted by Crippen LogP contribution is 2.04. The normalized spacial score (nSPS) is 10.3. The van der Waals surface area contributed by atoms with E-state index in [0.29, 0.717) is 0 Å². The second-order valence-electron chi connectivity index (χ2n) is 2.37. The van der Waals surface area contributed by atoms with Gasteiger partial charge < -0.3 is 0 Å². The number of allylic oxidation sites excluding steroid dienone is 4. The minimum absolute atomic E-state index is 1.14. The Kier molecular flexibility index (Phi) is 6.25. The summed E-state index contributed by atoms with van der Waals surface area (Å²) in [6.45, 7) is 6.56. The summed E-state index contributed by atoms with van der Waals surface area (Å²) >= 11 is 0. The van der Waals surface area contributed by atoms with E-state index < -0.39 is 0 Å². The summed E-state index contributed by atoms with van der Waals surface area (Å²) in [6.07, 6.45) is 10.1. The van der Waals surface area contributed by atoms with Crippen molar-refractivity contribution in [1.29, 1.82) is 0 Å². The lowest BCUT2D eigenvalue weighted by atomic mass is 10.1. The van der Waals surface area contributed by atoms with E-state index in [1.54, 1.807) is 0 Å². The monoisotopic (exact) mass is 138 g/mol. The molecule has 0 spiro atoms. The van der Waals surface area contributed by atoms with Gasteiger partial charge in [0.15, 0.2) is 0 Å². The Labute approximate surface area is 64.6 Å². The first-order valence-corrected chi connectivity index (χ1v) is 4.19. The van der Waals surface area contributed by atoms with Gasteiger partial charge in [-0.25, -0.2) is 0 Å². The molecule has 0 rings (SSSR count). The van der Waals surface area contributed by atoms with Crippen LogP contribution in [0.3, 0.4) is 0 Å². The van der Waals surface area contributed by atoms with Gasteiger partial charge in [0.1, 0.15) is 0 Å². The highest BCUT2D eigenvalue weighted by Gasteiger charge is 1.84. The molecule has 0 heteroatoms. The molecular weight excluding hydrogens is 120 g/mol. The van der Waals surface area contributed by atoms with Crippen LogP contribution >= 0.6 is 0 Å². The molecule has 0 radical (unpaired) electrons. The SMILES string of the molecule is CC/C=C\C=C(CC)CC. The average molecular weight is 138 g/mol. The Morgan fingerprint density at radius 3 is 2.10 bits per heavy atom. The Hall–Kier alpha value is -0.520. The van der Waals surface area contributed by atoms with Gasteiger partial charge in [0.25, 0.3) is 0 Å². The van der Waals surface area contributed by atoms with Gasteiger partial charge in [-0.3, -0.25) is 0 Å². The lowest BCUT2D eigenvalue weighted by molar-refractivity contribution is 0.977. The van der Waals surface area contributed by atoms with Crippen LogP contribution in [0, 0.1) is 0 Å². The van der Waals surface area contributed by atoms with Crippen LogP contribution in [0.25, 0.3) is 0 Å². The van der Waals surface area contributed by atoms with Gasteiger partial charge in [0, 0.05) is 0 Å². The molecule has 0 nitrogen and oxygen atoms in total. The van der Waals surface area contributed by atoms with E-state index in [-0.39, 0.29) is 0 Å². The molecule has 0 aliphatic carbocycles. The summed E-state index contributed by atoms with van der Waals surface area (Å²) in [5.41, 5.74) is 1.53. The van der Waals surface area contributed by atoms with Crippen LogP contribution in [0.4, 0.5) is 0 Å². The van der Waals surface area contributed by atoms with Crippen LogP contribution in [-0.4, -0.2) is 0 Å². The van der Waals surface area contributed by atoms with Crippen LogP contribution in [-0.2, 0) is 0 Å². The molecule has 0 aromatic carbocycles. The Bertz CT molecular complexity index is 112. The Morgan fingerprint density at radius 2 is 1.70 bits per heavy atom. The number of rotatable bonds is 4. The molecule has 0 aromatic heterocycles. The molecule has 0 N–H and O–H groups in total. The quantitative estimate of drug-likeness (QED) is 0.520. The third-order valence-corrected chi connectivity index (χ3v) is 1.61. The zero-order valence-corrected chi connectivity index (χ0v) is 7.35. The molecule has 0 aliphatic rings. The van der Waals surface area contributed by atoms with Gasteiger partial charge in [0.2, 0.25) is 0 Å². The fourth-order valence-electron chi connectivity index (χ4n) is 0.826. The summed E-state index contributed by atoms with van der Waals surface area (Å²) in [6, 6.07) is 0. The van der Waals surface area contributed by atoms with E-state index in [9.17, 15) is 0 Å². The fourth-order valence-corrected chi connectivity index (χ4v) is 0.826. The predicted octanol–water partition coefficient (Wildman–Crippen LogP) is 3.70. The molecule has 0 aliphatic heterocycles. The maximum atomic E-state index is 2.23. The molecule has 0 saturated heterocycles. The first-order valence-electron chi connectivity index (χ1n) is 4.19. The molecule has 0 aromatic rings. The molecule has 0 amide bonds. The van der Waals surface area contributed by atoms with Gasteiger partial charge >= 0.3 is 0 Å². The van der Waals surface area contributed by atoms with Crippen LogP contribution in [0.5, 0.6) is 0 Å². The van der Waals surface area contributed by atoms with E-state index in [4.69, 9.17) is 0 Å². The second-order valence-corrected chi connectivity index (χ2v) is 2.37. The molecule has 0 atom stereocenters. The van der Waals surface area contributed by atoms with Crippen molar-refractivity contribution in [2.75, 3.05) is 0 Å². The molecule has 10 heavy (non-hydrogen) atoms. The second kappa shape index (κ2) is 6.60. The Morgan fingerprint density at radius 1 is 1.10 bits per heavy atom. The van der Waals surface area contributed by atoms with Crippen molar-refractivity contribution in [3.05, 3.63) is 23.8 Å². The Balaban J connectivity index is 3.74. The van der Waals surface area contributed by atoms with E-state index >= 15 is 0 Å². The lowest BCUT2D eigenvalue weighted by Crippen LogP contribution is -1.74. The maximum absolute atomic E-state index is 2.23. The van der Waals surface area contributed by atoms with E-state index in [2.05, 4.69) is 39.0 Å².